The van der Waals surface area contributed by atoms with Crippen molar-refractivity contribution in [2.24, 2.45) is 0 Å². The molecule has 104 valence electrons. The number of methoxy groups -OCH3 is 1. The molecule has 1 aromatic carbocycles. The van der Waals surface area contributed by atoms with Crippen LogP contribution in [0.5, 0.6) is 5.75 Å². The molecule has 3 heterocycles. The summed E-state index contributed by atoms with van der Waals surface area (Å²) in [6.45, 7) is 1.98. The summed E-state index contributed by atoms with van der Waals surface area (Å²) in [6, 6.07) is 11.8. The van der Waals surface area contributed by atoms with E-state index in [9.17, 15) is 0 Å². The Hall–Kier alpha value is -2.75. The molecule has 0 unspecified atom stereocenters. The number of aromatic nitrogens is 2. The van der Waals surface area contributed by atoms with Crippen molar-refractivity contribution in [1.29, 1.82) is 0 Å². The zero-order valence-electron chi connectivity index (χ0n) is 11.8. The molecule has 0 bridgehead atoms. The highest BCUT2D eigenvalue weighted by molar-refractivity contribution is 5.96. The molecule has 0 saturated carbocycles. The molecule has 4 heteroatoms. The van der Waals surface area contributed by atoms with E-state index < -0.39 is 0 Å². The topological polar surface area (TPSA) is 39.7 Å². The first kappa shape index (κ1) is 12.0. The highest BCUT2D eigenvalue weighted by atomic mass is 16.5. The second-order valence-electron chi connectivity index (χ2n) is 4.97. The maximum Gasteiger partial charge on any atom is 0.137 e. The molecule has 0 aliphatic rings. The van der Waals surface area contributed by atoms with E-state index in [0.29, 0.717) is 0 Å². The van der Waals surface area contributed by atoms with Crippen LogP contribution in [0, 0.1) is 6.92 Å². The number of hydrogen-bond donors (Lipinski definition) is 0. The first-order valence-electron chi connectivity index (χ1n) is 6.77. The molecule has 0 radical (unpaired) electrons. The van der Waals surface area contributed by atoms with Gasteiger partial charge in [-0.1, -0.05) is 6.07 Å². The van der Waals surface area contributed by atoms with Gasteiger partial charge in [-0.15, -0.1) is 0 Å². The monoisotopic (exact) mass is 278 g/mol. The van der Waals surface area contributed by atoms with Crippen LogP contribution in [0.2, 0.25) is 0 Å². The maximum absolute atomic E-state index is 5.87. The third-order valence-corrected chi connectivity index (χ3v) is 3.74. The van der Waals surface area contributed by atoms with Gasteiger partial charge in [0.1, 0.15) is 22.7 Å². The van der Waals surface area contributed by atoms with Crippen LogP contribution in [0.1, 0.15) is 5.76 Å². The van der Waals surface area contributed by atoms with Gasteiger partial charge in [0.05, 0.1) is 19.0 Å². The van der Waals surface area contributed by atoms with Gasteiger partial charge in [0, 0.05) is 17.1 Å². The van der Waals surface area contributed by atoms with Crippen LogP contribution < -0.4 is 4.74 Å². The van der Waals surface area contributed by atoms with Gasteiger partial charge in [0.2, 0.25) is 0 Å². The molecule has 3 aromatic heterocycles. The van der Waals surface area contributed by atoms with Crippen LogP contribution in [0.4, 0.5) is 0 Å². The fourth-order valence-corrected chi connectivity index (χ4v) is 2.76. The fourth-order valence-electron chi connectivity index (χ4n) is 2.76. The molecular formula is C17H14N2O2. The molecule has 0 saturated heterocycles. The van der Waals surface area contributed by atoms with Gasteiger partial charge in [-0.05, 0) is 37.3 Å². The molecule has 21 heavy (non-hydrogen) atoms. The van der Waals surface area contributed by atoms with Gasteiger partial charge >= 0.3 is 0 Å². The van der Waals surface area contributed by atoms with Crippen molar-refractivity contribution in [2.75, 3.05) is 7.11 Å². The highest BCUT2D eigenvalue weighted by Crippen LogP contribution is 2.36. The number of benzene rings is 1. The van der Waals surface area contributed by atoms with E-state index in [0.717, 1.165) is 39.4 Å². The number of imidazole rings is 1. The van der Waals surface area contributed by atoms with E-state index in [-0.39, 0.29) is 0 Å². The lowest BCUT2D eigenvalue weighted by Crippen LogP contribution is -1.88. The van der Waals surface area contributed by atoms with E-state index in [2.05, 4.69) is 9.38 Å². The Morgan fingerprint density at radius 3 is 2.95 bits per heavy atom. The van der Waals surface area contributed by atoms with Gasteiger partial charge in [-0.3, -0.25) is 4.40 Å². The molecule has 4 rings (SSSR count). The molecule has 0 fully saturated rings. The quantitative estimate of drug-likeness (QED) is 0.555. The SMILES string of the molecule is COc1ccc2oc(C)c(-c3cnc4ccccn34)c2c1. The smallest absolute Gasteiger partial charge is 0.137 e. The third kappa shape index (κ3) is 1.72. The van der Waals surface area contributed by atoms with Gasteiger partial charge < -0.3 is 9.15 Å². The summed E-state index contributed by atoms with van der Waals surface area (Å²) < 4.78 is 13.3. The Balaban J connectivity index is 2.07. The molecule has 0 N–H and O–H groups in total. The predicted octanol–water partition coefficient (Wildman–Crippen LogP) is 4.06. The second-order valence-corrected chi connectivity index (χ2v) is 4.97. The first-order valence-corrected chi connectivity index (χ1v) is 6.77. The average molecular weight is 278 g/mol. The molecule has 0 aliphatic carbocycles. The van der Waals surface area contributed by atoms with Crippen LogP contribution in [0.25, 0.3) is 27.9 Å². The Morgan fingerprint density at radius 1 is 1.19 bits per heavy atom. The molecule has 0 atom stereocenters. The summed E-state index contributed by atoms with van der Waals surface area (Å²) in [5.74, 6) is 1.70. The van der Waals surface area contributed by atoms with Crippen LogP contribution in [0.3, 0.4) is 0 Å². The molecule has 4 aromatic rings. The second kappa shape index (κ2) is 4.38. The molecule has 0 spiro atoms. The lowest BCUT2D eigenvalue weighted by molar-refractivity contribution is 0.415. The van der Waals surface area contributed by atoms with E-state index in [1.165, 1.54) is 0 Å². The van der Waals surface area contributed by atoms with Crippen LogP contribution in [0.15, 0.2) is 53.2 Å². The Bertz CT molecular complexity index is 950. The number of furan rings is 1. The zero-order chi connectivity index (χ0) is 14.4. The highest BCUT2D eigenvalue weighted by Gasteiger charge is 2.17. The van der Waals surface area contributed by atoms with Crippen molar-refractivity contribution < 1.29 is 9.15 Å². The van der Waals surface area contributed by atoms with Crippen molar-refractivity contribution in [3.8, 4) is 17.0 Å². The van der Waals surface area contributed by atoms with Gasteiger partial charge in [-0.2, -0.15) is 0 Å². The Kier molecular flexibility index (Phi) is 2.51. The van der Waals surface area contributed by atoms with Crippen LogP contribution >= 0.6 is 0 Å². The van der Waals surface area contributed by atoms with Gasteiger partial charge in [0.15, 0.2) is 0 Å². The number of pyridine rings is 1. The predicted molar refractivity (Wildman–Crippen MR) is 81.7 cm³/mol. The van der Waals surface area contributed by atoms with Gasteiger partial charge in [-0.25, -0.2) is 4.98 Å². The normalized spacial score (nSPS) is 11.3. The van der Waals surface area contributed by atoms with E-state index in [1.807, 2.05) is 55.7 Å². The number of rotatable bonds is 2. The lowest BCUT2D eigenvalue weighted by Gasteiger charge is -2.02. The standard InChI is InChI=1S/C17H14N2O2/c1-11-17(13-9-12(20-2)6-7-15(13)21-11)14-10-18-16-5-3-4-8-19(14)16/h3-10H,1-2H3. The number of ether oxygens (including phenoxy) is 1. The molecular weight excluding hydrogens is 264 g/mol. The minimum atomic E-state index is 0.818. The van der Waals surface area contributed by atoms with Crippen molar-refractivity contribution in [1.82, 2.24) is 9.38 Å². The Morgan fingerprint density at radius 2 is 2.10 bits per heavy atom. The van der Waals surface area contributed by atoms with Crippen LogP contribution in [-0.2, 0) is 0 Å². The van der Waals surface area contributed by atoms with Crippen molar-refractivity contribution in [3.05, 3.63) is 54.6 Å². The van der Waals surface area contributed by atoms with Crippen molar-refractivity contribution in [3.63, 3.8) is 0 Å². The summed E-state index contributed by atoms with van der Waals surface area (Å²) >= 11 is 0. The summed E-state index contributed by atoms with van der Waals surface area (Å²) in [5, 5.41) is 1.04. The molecule has 4 nitrogen and oxygen atoms in total. The van der Waals surface area contributed by atoms with E-state index in [1.54, 1.807) is 7.11 Å². The van der Waals surface area contributed by atoms with Gasteiger partial charge in [0.25, 0.3) is 0 Å². The van der Waals surface area contributed by atoms with Crippen molar-refractivity contribution >= 4 is 16.6 Å². The first-order chi connectivity index (χ1) is 10.3. The fraction of sp³-hybridized carbons (Fsp3) is 0.118. The summed E-state index contributed by atoms with van der Waals surface area (Å²) in [7, 11) is 1.67. The maximum atomic E-state index is 5.87. The zero-order valence-corrected chi connectivity index (χ0v) is 11.8. The average Bonchev–Trinajstić information content (AvgIpc) is 3.06. The van der Waals surface area contributed by atoms with E-state index in [4.69, 9.17) is 9.15 Å². The van der Waals surface area contributed by atoms with E-state index >= 15 is 0 Å². The lowest BCUT2D eigenvalue weighted by atomic mass is 10.1. The number of nitrogens with zero attached hydrogens (tertiary/aromatic N) is 2. The largest absolute Gasteiger partial charge is 0.497 e. The number of fused-ring (bicyclic) bond motifs is 2. The third-order valence-electron chi connectivity index (χ3n) is 3.74. The summed E-state index contributed by atoms with van der Waals surface area (Å²) in [6.07, 6.45) is 3.89. The number of aryl methyl sites for hydroxylation is 1. The van der Waals surface area contributed by atoms with Crippen molar-refractivity contribution in [2.45, 2.75) is 6.92 Å². The minimum absolute atomic E-state index is 0.818. The summed E-state index contributed by atoms with van der Waals surface area (Å²) in [5.41, 5.74) is 3.86. The van der Waals surface area contributed by atoms with Crippen LogP contribution in [-0.4, -0.2) is 16.5 Å². The Labute approximate surface area is 121 Å². The summed E-state index contributed by atoms with van der Waals surface area (Å²) in [4.78, 5) is 4.46. The minimum Gasteiger partial charge on any atom is -0.497 e. The molecule has 0 aliphatic heterocycles. The number of hydrogen-bond acceptors (Lipinski definition) is 3. The molecule has 0 amide bonds.